The molecule has 0 saturated heterocycles. The van der Waals surface area contributed by atoms with Crippen molar-refractivity contribution in [3.05, 3.63) is 84.2 Å². The molecule has 0 unspecified atom stereocenters. The minimum atomic E-state index is 0.0742. The predicted octanol–water partition coefficient (Wildman–Crippen LogP) is 5.55. The second-order valence-corrected chi connectivity index (χ2v) is 9.52. The van der Waals surface area contributed by atoms with Gasteiger partial charge < -0.3 is 5.32 Å². The normalized spacial score (nSPS) is 14.4. The van der Waals surface area contributed by atoms with Crippen LogP contribution < -0.4 is 5.32 Å². The molecule has 6 heteroatoms. The largest absolute Gasteiger partial charge is 0.353 e. The third kappa shape index (κ3) is 5.11. The van der Waals surface area contributed by atoms with E-state index in [0.717, 1.165) is 29.5 Å². The molecule has 1 aliphatic rings. The van der Waals surface area contributed by atoms with Gasteiger partial charge in [-0.2, -0.15) is 0 Å². The number of rotatable bonds is 7. The van der Waals surface area contributed by atoms with Crippen LogP contribution in [0.15, 0.2) is 78.0 Å². The minimum absolute atomic E-state index is 0.0742. The summed E-state index contributed by atoms with van der Waals surface area (Å²) < 4.78 is 2.08. The van der Waals surface area contributed by atoms with Gasteiger partial charge in [-0.05, 0) is 41.3 Å². The number of amides is 1. The molecule has 1 amide bonds. The summed E-state index contributed by atoms with van der Waals surface area (Å²) in [4.78, 5) is 12.6. The van der Waals surface area contributed by atoms with Gasteiger partial charge in [0, 0.05) is 18.2 Å². The lowest BCUT2D eigenvalue weighted by molar-refractivity contribution is -0.119. The van der Waals surface area contributed by atoms with Crippen LogP contribution in [-0.4, -0.2) is 32.5 Å². The second-order valence-electron chi connectivity index (χ2n) is 8.58. The van der Waals surface area contributed by atoms with Gasteiger partial charge in [0.05, 0.1) is 5.75 Å². The third-order valence-electron chi connectivity index (χ3n) is 6.25. The van der Waals surface area contributed by atoms with Crippen LogP contribution >= 0.6 is 11.8 Å². The molecule has 168 valence electrons. The first kappa shape index (κ1) is 21.7. The summed E-state index contributed by atoms with van der Waals surface area (Å²) in [7, 11) is 0. The van der Waals surface area contributed by atoms with E-state index in [1.807, 2.05) is 18.2 Å². The van der Waals surface area contributed by atoms with Gasteiger partial charge in [0.25, 0.3) is 0 Å². The van der Waals surface area contributed by atoms with Gasteiger partial charge in [-0.25, -0.2) is 0 Å². The lowest BCUT2D eigenvalue weighted by Gasteiger charge is -2.22. The molecular formula is C27H28N4OS. The number of thioether (sulfide) groups is 1. The number of para-hydroxylation sites is 1. The molecule has 3 aromatic carbocycles. The van der Waals surface area contributed by atoms with E-state index in [4.69, 9.17) is 0 Å². The van der Waals surface area contributed by atoms with Crippen LogP contribution in [0, 0.1) is 0 Å². The standard InChI is InChI=1S/C27H28N4OS/c32-26(28-22-13-3-1-4-14-22)19-33-27-30-29-25(31(27)23-15-5-2-6-16-23)18-21-12-9-11-20-10-7-8-17-24(20)21/h2,5-12,15-17,22H,1,3-4,13-14,18-19H2,(H,28,32). The zero-order valence-corrected chi connectivity index (χ0v) is 19.4. The first-order valence-electron chi connectivity index (χ1n) is 11.7. The molecule has 1 fully saturated rings. The first-order chi connectivity index (χ1) is 16.3. The number of carbonyl (C=O) groups excluding carboxylic acids is 1. The SMILES string of the molecule is O=C(CSc1nnc(Cc2cccc3ccccc23)n1-c1ccccc1)NC1CCCCC1. The monoisotopic (exact) mass is 456 g/mol. The number of hydrogen-bond acceptors (Lipinski definition) is 4. The van der Waals surface area contributed by atoms with Crippen molar-refractivity contribution in [2.45, 2.75) is 49.7 Å². The maximum absolute atomic E-state index is 12.6. The van der Waals surface area contributed by atoms with E-state index in [0.29, 0.717) is 18.2 Å². The predicted molar refractivity (Wildman–Crippen MR) is 134 cm³/mol. The quantitative estimate of drug-likeness (QED) is 0.370. The van der Waals surface area contributed by atoms with Gasteiger partial charge in [0.1, 0.15) is 5.82 Å². The maximum atomic E-state index is 12.6. The molecule has 0 spiro atoms. The molecule has 4 aromatic rings. The van der Waals surface area contributed by atoms with Crippen molar-refractivity contribution in [3.8, 4) is 5.69 Å². The molecule has 1 aliphatic carbocycles. The van der Waals surface area contributed by atoms with E-state index in [9.17, 15) is 4.79 Å². The topological polar surface area (TPSA) is 59.8 Å². The Morgan fingerprint density at radius 2 is 1.67 bits per heavy atom. The number of hydrogen-bond donors (Lipinski definition) is 1. The van der Waals surface area contributed by atoms with E-state index >= 15 is 0 Å². The van der Waals surface area contributed by atoms with Crippen molar-refractivity contribution in [1.29, 1.82) is 0 Å². The molecule has 1 N–H and O–H groups in total. The molecule has 0 aliphatic heterocycles. The van der Waals surface area contributed by atoms with E-state index < -0.39 is 0 Å². The summed E-state index contributed by atoms with van der Waals surface area (Å²) >= 11 is 1.45. The van der Waals surface area contributed by atoms with Crippen molar-refractivity contribution in [3.63, 3.8) is 0 Å². The van der Waals surface area contributed by atoms with Gasteiger partial charge in [0.2, 0.25) is 5.91 Å². The van der Waals surface area contributed by atoms with E-state index in [-0.39, 0.29) is 5.91 Å². The van der Waals surface area contributed by atoms with E-state index in [1.54, 1.807) is 0 Å². The molecule has 1 aromatic heterocycles. The first-order valence-corrected chi connectivity index (χ1v) is 12.6. The molecule has 1 heterocycles. The van der Waals surface area contributed by atoms with Crippen LogP contribution in [0.25, 0.3) is 16.5 Å². The molecule has 5 rings (SSSR count). The zero-order valence-electron chi connectivity index (χ0n) is 18.6. The Morgan fingerprint density at radius 1 is 0.909 bits per heavy atom. The van der Waals surface area contributed by atoms with E-state index in [2.05, 4.69) is 74.7 Å². The smallest absolute Gasteiger partial charge is 0.230 e. The average molecular weight is 457 g/mol. The molecule has 33 heavy (non-hydrogen) atoms. The van der Waals surface area contributed by atoms with Gasteiger partial charge >= 0.3 is 0 Å². The van der Waals surface area contributed by atoms with Crippen molar-refractivity contribution in [2.24, 2.45) is 0 Å². The summed E-state index contributed by atoms with van der Waals surface area (Å²) in [5.74, 6) is 1.29. The Hall–Kier alpha value is -3.12. The number of benzene rings is 3. The number of nitrogens with zero attached hydrogens (tertiary/aromatic N) is 3. The highest BCUT2D eigenvalue weighted by Crippen LogP contribution is 2.26. The van der Waals surface area contributed by atoms with Gasteiger partial charge in [0.15, 0.2) is 5.16 Å². The highest BCUT2D eigenvalue weighted by Gasteiger charge is 2.19. The number of aromatic nitrogens is 3. The fourth-order valence-electron chi connectivity index (χ4n) is 4.61. The highest BCUT2D eigenvalue weighted by molar-refractivity contribution is 7.99. The van der Waals surface area contributed by atoms with Crippen molar-refractivity contribution < 1.29 is 4.79 Å². The van der Waals surface area contributed by atoms with Crippen LogP contribution in [0.2, 0.25) is 0 Å². The van der Waals surface area contributed by atoms with Crippen molar-refractivity contribution >= 4 is 28.4 Å². The molecular weight excluding hydrogens is 428 g/mol. The number of carbonyl (C=O) groups is 1. The minimum Gasteiger partial charge on any atom is -0.353 e. The lowest BCUT2D eigenvalue weighted by Crippen LogP contribution is -2.37. The average Bonchev–Trinajstić information content (AvgIpc) is 3.26. The van der Waals surface area contributed by atoms with Gasteiger partial charge in [-0.15, -0.1) is 10.2 Å². The molecule has 1 saturated carbocycles. The Bertz CT molecular complexity index is 1230. The van der Waals surface area contributed by atoms with Crippen molar-refractivity contribution in [1.82, 2.24) is 20.1 Å². The van der Waals surface area contributed by atoms with Crippen molar-refractivity contribution in [2.75, 3.05) is 5.75 Å². The Kier molecular flexibility index (Phi) is 6.72. The molecule has 0 atom stereocenters. The Morgan fingerprint density at radius 3 is 2.52 bits per heavy atom. The van der Waals surface area contributed by atoms with Crippen LogP contribution in [0.4, 0.5) is 0 Å². The Labute approximate surface area is 198 Å². The highest BCUT2D eigenvalue weighted by atomic mass is 32.2. The van der Waals surface area contributed by atoms with Crippen LogP contribution in [-0.2, 0) is 11.2 Å². The lowest BCUT2D eigenvalue weighted by atomic mass is 9.95. The summed E-state index contributed by atoms with van der Waals surface area (Å²) in [6.07, 6.45) is 6.53. The maximum Gasteiger partial charge on any atom is 0.230 e. The fourth-order valence-corrected chi connectivity index (χ4v) is 5.39. The zero-order chi connectivity index (χ0) is 22.5. The van der Waals surface area contributed by atoms with Gasteiger partial charge in [-0.3, -0.25) is 9.36 Å². The fraction of sp³-hybridized carbons (Fsp3) is 0.296. The van der Waals surface area contributed by atoms with Crippen LogP contribution in [0.1, 0.15) is 43.5 Å². The summed E-state index contributed by atoms with van der Waals surface area (Å²) in [5.41, 5.74) is 2.22. The van der Waals surface area contributed by atoms with Crippen LogP contribution in [0.3, 0.4) is 0 Å². The molecule has 5 nitrogen and oxygen atoms in total. The number of fused-ring (bicyclic) bond motifs is 1. The summed E-state index contributed by atoms with van der Waals surface area (Å²) in [6, 6.07) is 25.3. The summed E-state index contributed by atoms with van der Waals surface area (Å²) in [5, 5.41) is 15.4. The third-order valence-corrected chi connectivity index (χ3v) is 7.17. The second kappa shape index (κ2) is 10.2. The Balaban J connectivity index is 1.39. The number of nitrogens with one attached hydrogen (secondary N) is 1. The van der Waals surface area contributed by atoms with Crippen LogP contribution in [0.5, 0.6) is 0 Å². The van der Waals surface area contributed by atoms with Gasteiger partial charge in [-0.1, -0.05) is 91.7 Å². The molecule has 0 radical (unpaired) electrons. The van der Waals surface area contributed by atoms with E-state index in [1.165, 1.54) is 47.4 Å². The molecule has 0 bridgehead atoms. The summed E-state index contributed by atoms with van der Waals surface area (Å²) in [6.45, 7) is 0.